The minimum atomic E-state index is -0.217. The van der Waals surface area contributed by atoms with Crippen LogP contribution < -0.4 is 10.2 Å². The first-order valence-electron chi connectivity index (χ1n) is 8.75. The zero-order chi connectivity index (χ0) is 17.8. The maximum Gasteiger partial charge on any atom is 0.205 e. The van der Waals surface area contributed by atoms with Crippen LogP contribution in [0, 0.1) is 5.82 Å². The molecule has 4 rings (SSSR count). The highest BCUT2D eigenvalue weighted by Crippen LogP contribution is 2.23. The molecule has 3 heterocycles. The molecule has 1 N–H and O–H groups in total. The van der Waals surface area contributed by atoms with Crippen LogP contribution >= 0.6 is 11.3 Å². The van der Waals surface area contributed by atoms with Crippen molar-refractivity contribution in [1.82, 2.24) is 15.2 Å². The van der Waals surface area contributed by atoms with E-state index < -0.39 is 0 Å². The Hall–Kier alpha value is -2.54. The Labute approximate surface area is 155 Å². The molecule has 1 saturated heterocycles. The number of nitrogens with one attached hydrogen (secondary N) is 1. The van der Waals surface area contributed by atoms with Gasteiger partial charge in [0.2, 0.25) is 5.13 Å². The lowest BCUT2D eigenvalue weighted by Gasteiger charge is -2.32. The molecule has 3 aromatic rings. The van der Waals surface area contributed by atoms with Gasteiger partial charge in [-0.05, 0) is 42.7 Å². The predicted molar refractivity (Wildman–Crippen MR) is 102 cm³/mol. The Morgan fingerprint density at radius 2 is 1.88 bits per heavy atom. The number of hydrogen-bond donors (Lipinski definition) is 1. The van der Waals surface area contributed by atoms with E-state index in [1.165, 1.54) is 12.1 Å². The van der Waals surface area contributed by atoms with Gasteiger partial charge in [0, 0.05) is 31.7 Å². The molecular formula is C19H20FN5S. The number of benzene rings is 1. The molecule has 0 spiro atoms. The molecule has 0 amide bonds. The molecule has 7 heteroatoms. The molecule has 0 unspecified atom stereocenters. The Balaban J connectivity index is 1.30. The number of piperidine rings is 1. The van der Waals surface area contributed by atoms with Crippen molar-refractivity contribution in [3.63, 3.8) is 0 Å². The molecule has 1 aromatic carbocycles. The van der Waals surface area contributed by atoms with Crippen LogP contribution in [0.2, 0.25) is 0 Å². The lowest BCUT2D eigenvalue weighted by atomic mass is 10.1. The fourth-order valence-electron chi connectivity index (χ4n) is 3.13. The van der Waals surface area contributed by atoms with Crippen molar-refractivity contribution < 1.29 is 4.39 Å². The fraction of sp³-hybridized carbons (Fsp3) is 0.316. The summed E-state index contributed by atoms with van der Waals surface area (Å²) in [5.41, 5.74) is 1.04. The summed E-state index contributed by atoms with van der Waals surface area (Å²) >= 11 is 1.57. The topological polar surface area (TPSA) is 53.9 Å². The SMILES string of the molecule is Fc1ccc(Cc2nnc(NC3CCN(c4ccccn4)CC3)s2)cc1. The van der Waals surface area contributed by atoms with Crippen LogP contribution in [-0.4, -0.2) is 34.3 Å². The molecule has 1 fully saturated rings. The van der Waals surface area contributed by atoms with Crippen LogP contribution in [0.25, 0.3) is 0 Å². The molecular weight excluding hydrogens is 349 g/mol. The number of pyridine rings is 1. The quantitative estimate of drug-likeness (QED) is 0.742. The molecule has 0 aliphatic carbocycles. The van der Waals surface area contributed by atoms with Gasteiger partial charge in [-0.25, -0.2) is 9.37 Å². The van der Waals surface area contributed by atoms with Crippen molar-refractivity contribution in [3.05, 3.63) is 65.0 Å². The molecule has 0 bridgehead atoms. The van der Waals surface area contributed by atoms with E-state index >= 15 is 0 Å². The van der Waals surface area contributed by atoms with Crippen LogP contribution in [0.15, 0.2) is 48.7 Å². The number of nitrogens with zero attached hydrogens (tertiary/aromatic N) is 4. The van der Waals surface area contributed by atoms with Crippen molar-refractivity contribution in [2.45, 2.75) is 25.3 Å². The second-order valence-corrected chi connectivity index (χ2v) is 7.46. The van der Waals surface area contributed by atoms with E-state index in [0.717, 1.165) is 47.5 Å². The highest BCUT2D eigenvalue weighted by atomic mass is 32.1. The number of hydrogen-bond acceptors (Lipinski definition) is 6. The molecule has 1 aliphatic rings. The van der Waals surface area contributed by atoms with Gasteiger partial charge in [-0.1, -0.05) is 29.5 Å². The van der Waals surface area contributed by atoms with Crippen molar-refractivity contribution in [3.8, 4) is 0 Å². The standard InChI is InChI=1S/C19H20FN5S/c20-15-6-4-14(5-7-15)13-18-23-24-19(26-18)22-16-8-11-25(12-9-16)17-3-1-2-10-21-17/h1-7,10,16H,8-9,11-13H2,(H,22,24). The van der Waals surface area contributed by atoms with E-state index in [9.17, 15) is 4.39 Å². The molecule has 5 nitrogen and oxygen atoms in total. The largest absolute Gasteiger partial charge is 0.357 e. The van der Waals surface area contributed by atoms with E-state index in [1.807, 2.05) is 18.3 Å². The van der Waals surface area contributed by atoms with Crippen LogP contribution in [0.4, 0.5) is 15.3 Å². The van der Waals surface area contributed by atoms with E-state index in [-0.39, 0.29) is 5.82 Å². The van der Waals surface area contributed by atoms with Gasteiger partial charge < -0.3 is 10.2 Å². The van der Waals surface area contributed by atoms with Gasteiger partial charge in [0.25, 0.3) is 0 Å². The molecule has 2 aromatic heterocycles. The third-order valence-corrected chi connectivity index (χ3v) is 5.39. The summed E-state index contributed by atoms with van der Waals surface area (Å²) in [6, 6.07) is 13.0. The fourth-order valence-corrected chi connectivity index (χ4v) is 3.98. The highest BCUT2D eigenvalue weighted by molar-refractivity contribution is 7.15. The Kier molecular flexibility index (Phi) is 5.06. The minimum absolute atomic E-state index is 0.217. The van der Waals surface area contributed by atoms with Crippen LogP contribution in [0.5, 0.6) is 0 Å². The van der Waals surface area contributed by atoms with Gasteiger partial charge >= 0.3 is 0 Å². The van der Waals surface area contributed by atoms with Gasteiger partial charge in [0.15, 0.2) is 0 Å². The van der Waals surface area contributed by atoms with Crippen molar-refractivity contribution >= 4 is 22.3 Å². The average Bonchev–Trinajstić information content (AvgIpc) is 3.12. The van der Waals surface area contributed by atoms with Crippen LogP contribution in [0.3, 0.4) is 0 Å². The second kappa shape index (κ2) is 7.78. The van der Waals surface area contributed by atoms with Crippen molar-refractivity contribution in [2.24, 2.45) is 0 Å². The van der Waals surface area contributed by atoms with Gasteiger partial charge in [-0.15, -0.1) is 10.2 Å². The van der Waals surface area contributed by atoms with E-state index in [4.69, 9.17) is 0 Å². The summed E-state index contributed by atoms with van der Waals surface area (Å²) in [5, 5.41) is 13.8. The Bertz CT molecular complexity index is 829. The average molecular weight is 369 g/mol. The van der Waals surface area contributed by atoms with Gasteiger partial charge in [0.05, 0.1) is 0 Å². The zero-order valence-corrected chi connectivity index (χ0v) is 15.1. The number of anilines is 2. The number of rotatable bonds is 5. The summed E-state index contributed by atoms with van der Waals surface area (Å²) in [7, 11) is 0. The highest BCUT2D eigenvalue weighted by Gasteiger charge is 2.21. The minimum Gasteiger partial charge on any atom is -0.357 e. The first-order valence-corrected chi connectivity index (χ1v) is 9.57. The van der Waals surface area contributed by atoms with Crippen LogP contribution in [0.1, 0.15) is 23.4 Å². The maximum atomic E-state index is 13.0. The monoisotopic (exact) mass is 369 g/mol. The van der Waals surface area contributed by atoms with Crippen LogP contribution in [-0.2, 0) is 6.42 Å². The third kappa shape index (κ3) is 4.16. The van der Waals surface area contributed by atoms with E-state index in [1.54, 1.807) is 23.5 Å². The smallest absolute Gasteiger partial charge is 0.205 e. The maximum absolute atomic E-state index is 13.0. The normalized spacial score (nSPS) is 15.2. The first kappa shape index (κ1) is 16.9. The predicted octanol–water partition coefficient (Wildman–Crippen LogP) is 3.74. The zero-order valence-electron chi connectivity index (χ0n) is 14.3. The molecule has 0 radical (unpaired) electrons. The third-order valence-electron chi connectivity index (χ3n) is 4.53. The number of aromatic nitrogens is 3. The van der Waals surface area contributed by atoms with Gasteiger partial charge in [-0.3, -0.25) is 0 Å². The van der Waals surface area contributed by atoms with E-state index in [2.05, 4.69) is 31.5 Å². The summed E-state index contributed by atoms with van der Waals surface area (Å²) in [4.78, 5) is 6.74. The lowest BCUT2D eigenvalue weighted by Crippen LogP contribution is -2.39. The summed E-state index contributed by atoms with van der Waals surface area (Å²) < 4.78 is 13.0. The molecule has 134 valence electrons. The number of halogens is 1. The van der Waals surface area contributed by atoms with Gasteiger partial charge in [0.1, 0.15) is 16.6 Å². The summed E-state index contributed by atoms with van der Waals surface area (Å²) in [5.74, 6) is 0.828. The van der Waals surface area contributed by atoms with Crippen molar-refractivity contribution in [2.75, 3.05) is 23.3 Å². The second-order valence-electron chi connectivity index (χ2n) is 6.40. The Morgan fingerprint density at radius 1 is 1.08 bits per heavy atom. The first-order chi connectivity index (χ1) is 12.8. The van der Waals surface area contributed by atoms with Gasteiger partial charge in [-0.2, -0.15) is 0 Å². The summed E-state index contributed by atoms with van der Waals surface area (Å²) in [6.45, 7) is 1.96. The molecule has 0 saturated carbocycles. The molecule has 0 atom stereocenters. The molecule has 26 heavy (non-hydrogen) atoms. The lowest BCUT2D eigenvalue weighted by molar-refractivity contribution is 0.523. The summed E-state index contributed by atoms with van der Waals surface area (Å²) in [6.07, 6.45) is 4.61. The van der Waals surface area contributed by atoms with Crippen molar-refractivity contribution in [1.29, 1.82) is 0 Å². The van der Waals surface area contributed by atoms with E-state index in [0.29, 0.717) is 12.5 Å². The Morgan fingerprint density at radius 3 is 2.62 bits per heavy atom. The molecule has 1 aliphatic heterocycles.